The van der Waals surface area contributed by atoms with Gasteiger partial charge in [-0.05, 0) is 25.0 Å². The summed E-state index contributed by atoms with van der Waals surface area (Å²) in [5, 5.41) is 7.13. The molecule has 8 heteroatoms. The minimum Gasteiger partial charge on any atom is -0.378 e. The van der Waals surface area contributed by atoms with Crippen molar-refractivity contribution in [3.05, 3.63) is 30.1 Å². The number of morpholine rings is 1. The van der Waals surface area contributed by atoms with E-state index in [1.165, 1.54) is 10.8 Å². The van der Waals surface area contributed by atoms with Crippen molar-refractivity contribution in [2.45, 2.75) is 43.9 Å². The highest BCUT2D eigenvalue weighted by Crippen LogP contribution is 2.23. The third-order valence-electron chi connectivity index (χ3n) is 4.80. The first-order chi connectivity index (χ1) is 12.1. The number of piperidine rings is 1. The Morgan fingerprint density at radius 2 is 2.16 bits per heavy atom. The molecular weight excluding hydrogens is 330 g/mol. The van der Waals surface area contributed by atoms with Gasteiger partial charge in [-0.25, -0.2) is 13.8 Å². The number of hydrogen-bond donors (Lipinski definition) is 2. The first-order valence-electron chi connectivity index (χ1n) is 8.47. The minimum absolute atomic E-state index is 0.0535. The Balaban J connectivity index is 1.55. The maximum atomic E-state index is 12.8. The van der Waals surface area contributed by atoms with Gasteiger partial charge in [-0.3, -0.25) is 4.79 Å². The number of carbonyl (C=O) groups excluding carboxylic acids is 1. The van der Waals surface area contributed by atoms with Gasteiger partial charge in [0.15, 0.2) is 0 Å². The van der Waals surface area contributed by atoms with Gasteiger partial charge in [0, 0.05) is 35.9 Å². The molecule has 25 heavy (non-hydrogen) atoms. The highest BCUT2D eigenvalue weighted by molar-refractivity contribution is 6.06. The number of carbonyl (C=O) groups is 1. The predicted octanol–water partition coefficient (Wildman–Crippen LogP) is 1.55. The standard InChI is InChI=1S/C17H20F2N4O2/c18-15(19)7-23-6-14(13-2-1-3-20-16(13)23)17(24)22-10-4-11-8-25-9-12(5-10)21-11/h1-3,6,10-12,15,21H,4-5,7-9H2,(H,22,24)/t10?,11-,12+. The number of hydrogen-bond acceptors (Lipinski definition) is 4. The van der Waals surface area contributed by atoms with E-state index in [4.69, 9.17) is 4.74 Å². The molecule has 2 aliphatic heterocycles. The molecule has 0 spiro atoms. The summed E-state index contributed by atoms with van der Waals surface area (Å²) in [5.41, 5.74) is 0.798. The number of amides is 1. The van der Waals surface area contributed by atoms with Crippen molar-refractivity contribution in [1.82, 2.24) is 20.2 Å². The van der Waals surface area contributed by atoms with Crippen LogP contribution in [-0.2, 0) is 11.3 Å². The molecule has 0 radical (unpaired) electrons. The molecule has 0 aliphatic carbocycles. The number of fused-ring (bicyclic) bond motifs is 3. The molecule has 0 aromatic carbocycles. The molecule has 0 saturated carbocycles. The lowest BCUT2D eigenvalue weighted by atomic mass is 9.92. The Bertz CT molecular complexity index is 767. The van der Waals surface area contributed by atoms with E-state index in [9.17, 15) is 13.6 Å². The van der Waals surface area contributed by atoms with Crippen LogP contribution in [-0.4, -0.2) is 53.2 Å². The SMILES string of the molecule is O=C(NC1C[C@H]2COC[C@@H](C1)N2)c1cn(CC(F)F)c2ncccc12. The number of halogens is 2. The lowest BCUT2D eigenvalue weighted by Gasteiger charge is -2.40. The Morgan fingerprint density at radius 1 is 1.40 bits per heavy atom. The van der Waals surface area contributed by atoms with Crippen molar-refractivity contribution in [3.8, 4) is 0 Å². The van der Waals surface area contributed by atoms with Gasteiger partial charge in [-0.15, -0.1) is 0 Å². The van der Waals surface area contributed by atoms with Crippen molar-refractivity contribution < 1.29 is 18.3 Å². The first kappa shape index (κ1) is 16.4. The summed E-state index contributed by atoms with van der Waals surface area (Å²) in [6.07, 6.45) is 2.12. The van der Waals surface area contributed by atoms with Crippen LogP contribution >= 0.6 is 0 Å². The fourth-order valence-electron chi connectivity index (χ4n) is 3.81. The second kappa shape index (κ2) is 6.68. The molecule has 3 atom stereocenters. The van der Waals surface area contributed by atoms with E-state index in [0.717, 1.165) is 12.8 Å². The maximum absolute atomic E-state index is 12.8. The predicted molar refractivity (Wildman–Crippen MR) is 87.8 cm³/mol. The zero-order valence-corrected chi connectivity index (χ0v) is 13.6. The quantitative estimate of drug-likeness (QED) is 0.878. The first-order valence-corrected chi connectivity index (χ1v) is 8.47. The van der Waals surface area contributed by atoms with Crippen LogP contribution in [0.3, 0.4) is 0 Å². The average molecular weight is 350 g/mol. The number of alkyl halides is 2. The Labute approximate surface area is 143 Å². The molecule has 2 saturated heterocycles. The van der Waals surface area contributed by atoms with E-state index in [-0.39, 0.29) is 24.0 Å². The van der Waals surface area contributed by atoms with Crippen LogP contribution < -0.4 is 10.6 Å². The molecule has 2 bridgehead atoms. The van der Waals surface area contributed by atoms with Gasteiger partial charge in [0.1, 0.15) is 5.65 Å². The molecule has 2 aliphatic rings. The Morgan fingerprint density at radius 3 is 2.88 bits per heavy atom. The number of nitrogens with one attached hydrogen (secondary N) is 2. The summed E-state index contributed by atoms with van der Waals surface area (Å²) < 4.78 is 32.5. The zero-order chi connectivity index (χ0) is 17.4. The monoisotopic (exact) mass is 350 g/mol. The van der Waals surface area contributed by atoms with Crippen molar-refractivity contribution in [2.75, 3.05) is 13.2 Å². The molecule has 4 heterocycles. The van der Waals surface area contributed by atoms with E-state index < -0.39 is 13.0 Å². The van der Waals surface area contributed by atoms with Crippen LogP contribution in [0.2, 0.25) is 0 Å². The van der Waals surface area contributed by atoms with Crippen LogP contribution in [0.5, 0.6) is 0 Å². The van der Waals surface area contributed by atoms with Gasteiger partial charge in [0.25, 0.3) is 12.3 Å². The minimum atomic E-state index is -2.50. The van der Waals surface area contributed by atoms with Crippen molar-refractivity contribution in [3.63, 3.8) is 0 Å². The second-order valence-electron chi connectivity index (χ2n) is 6.70. The van der Waals surface area contributed by atoms with E-state index in [0.29, 0.717) is 29.8 Å². The fourth-order valence-corrected chi connectivity index (χ4v) is 3.81. The lowest BCUT2D eigenvalue weighted by molar-refractivity contribution is 0.0148. The topological polar surface area (TPSA) is 68.2 Å². The van der Waals surface area contributed by atoms with Crippen LogP contribution in [0.25, 0.3) is 11.0 Å². The number of nitrogens with zero attached hydrogens (tertiary/aromatic N) is 2. The van der Waals surface area contributed by atoms with E-state index >= 15 is 0 Å². The third kappa shape index (κ3) is 3.36. The number of ether oxygens (including phenoxy) is 1. The van der Waals surface area contributed by atoms with Crippen LogP contribution in [0.4, 0.5) is 8.78 Å². The molecule has 1 unspecified atom stereocenters. The molecule has 6 nitrogen and oxygen atoms in total. The van der Waals surface area contributed by atoms with Crippen molar-refractivity contribution in [1.29, 1.82) is 0 Å². The number of rotatable bonds is 4. The fraction of sp³-hybridized carbons (Fsp3) is 0.529. The molecule has 2 N–H and O–H groups in total. The molecule has 1 amide bonds. The molecule has 4 rings (SSSR count). The Hall–Kier alpha value is -2.06. The number of pyridine rings is 1. The molecular formula is C17H20F2N4O2. The molecule has 134 valence electrons. The van der Waals surface area contributed by atoms with Gasteiger partial charge >= 0.3 is 0 Å². The third-order valence-corrected chi connectivity index (χ3v) is 4.80. The van der Waals surface area contributed by atoms with Gasteiger partial charge in [-0.2, -0.15) is 0 Å². The number of aromatic nitrogens is 2. The lowest BCUT2D eigenvalue weighted by Crippen LogP contribution is -2.58. The normalized spacial score (nSPS) is 26.1. The van der Waals surface area contributed by atoms with Crippen LogP contribution in [0, 0.1) is 0 Å². The molecule has 2 aromatic rings. The van der Waals surface area contributed by atoms with E-state index in [2.05, 4.69) is 15.6 Å². The highest BCUT2D eigenvalue weighted by Gasteiger charge is 2.33. The molecule has 2 fully saturated rings. The maximum Gasteiger partial charge on any atom is 0.256 e. The largest absolute Gasteiger partial charge is 0.378 e. The van der Waals surface area contributed by atoms with Crippen LogP contribution in [0.1, 0.15) is 23.2 Å². The summed E-state index contributed by atoms with van der Waals surface area (Å²) >= 11 is 0. The van der Waals surface area contributed by atoms with E-state index in [1.54, 1.807) is 18.3 Å². The van der Waals surface area contributed by atoms with Crippen molar-refractivity contribution in [2.24, 2.45) is 0 Å². The summed E-state index contributed by atoms with van der Waals surface area (Å²) in [4.78, 5) is 16.9. The van der Waals surface area contributed by atoms with E-state index in [1.807, 2.05) is 0 Å². The van der Waals surface area contributed by atoms with Gasteiger partial charge < -0.3 is 19.9 Å². The summed E-state index contributed by atoms with van der Waals surface area (Å²) in [6, 6.07) is 4.00. The molecule has 2 aromatic heterocycles. The Kier molecular flexibility index (Phi) is 4.39. The highest BCUT2D eigenvalue weighted by atomic mass is 19.3. The van der Waals surface area contributed by atoms with Crippen molar-refractivity contribution >= 4 is 16.9 Å². The second-order valence-corrected chi connectivity index (χ2v) is 6.70. The van der Waals surface area contributed by atoms with Gasteiger partial charge in [0.2, 0.25) is 0 Å². The van der Waals surface area contributed by atoms with Crippen LogP contribution in [0.15, 0.2) is 24.5 Å². The average Bonchev–Trinajstić information content (AvgIpc) is 2.93. The smallest absolute Gasteiger partial charge is 0.256 e. The summed E-state index contributed by atoms with van der Waals surface area (Å²) in [6.45, 7) is 0.830. The summed E-state index contributed by atoms with van der Waals surface area (Å²) in [5.74, 6) is -0.239. The van der Waals surface area contributed by atoms with Gasteiger partial charge in [-0.1, -0.05) is 0 Å². The van der Waals surface area contributed by atoms with Gasteiger partial charge in [0.05, 0.1) is 25.3 Å². The zero-order valence-electron chi connectivity index (χ0n) is 13.6. The summed E-state index contributed by atoms with van der Waals surface area (Å²) in [7, 11) is 0.